The van der Waals surface area contributed by atoms with E-state index >= 15 is 0 Å². The third-order valence-electron chi connectivity index (χ3n) is 3.88. The average molecular weight is 378 g/mol. The van der Waals surface area contributed by atoms with Crippen LogP contribution in [0.1, 0.15) is 22.8 Å². The molecule has 0 atom stereocenters. The number of ether oxygens (including phenoxy) is 2. The van der Waals surface area contributed by atoms with Crippen molar-refractivity contribution in [3.05, 3.63) is 65.2 Å². The molecule has 0 bridgehead atoms. The highest BCUT2D eigenvalue weighted by Crippen LogP contribution is 2.16. The van der Waals surface area contributed by atoms with Gasteiger partial charge in [0, 0.05) is 25.3 Å². The third kappa shape index (κ3) is 5.71. The maximum atomic E-state index is 12.2. The van der Waals surface area contributed by atoms with Crippen LogP contribution < -0.4 is 9.64 Å². The fraction of sp³-hybridized carbons (Fsp3) is 0.227. The van der Waals surface area contributed by atoms with Gasteiger partial charge in [0.25, 0.3) is 0 Å². The Labute approximate surface area is 164 Å². The van der Waals surface area contributed by atoms with Crippen molar-refractivity contribution in [2.75, 3.05) is 32.2 Å². The number of nitrogens with zero attached hydrogens (tertiary/aromatic N) is 2. The monoisotopic (exact) mass is 378 g/mol. The van der Waals surface area contributed by atoms with E-state index in [-0.39, 0.29) is 11.4 Å². The van der Waals surface area contributed by atoms with Gasteiger partial charge in [0.15, 0.2) is 12.4 Å². The molecule has 0 unspecified atom stereocenters. The molecule has 0 saturated heterocycles. The van der Waals surface area contributed by atoms with Gasteiger partial charge < -0.3 is 14.4 Å². The Bertz CT molecular complexity index is 892. The van der Waals surface area contributed by atoms with Crippen molar-refractivity contribution in [3.63, 3.8) is 0 Å². The molecule has 28 heavy (non-hydrogen) atoms. The largest absolute Gasteiger partial charge is 0.494 e. The number of hydrogen-bond donors (Lipinski definition) is 0. The van der Waals surface area contributed by atoms with E-state index in [0.717, 1.165) is 5.69 Å². The van der Waals surface area contributed by atoms with Gasteiger partial charge >= 0.3 is 5.97 Å². The maximum absolute atomic E-state index is 12.2. The number of anilines is 1. The molecular formula is C22H22N2O4. The first-order chi connectivity index (χ1) is 13.4. The first-order valence-corrected chi connectivity index (χ1v) is 8.77. The lowest BCUT2D eigenvalue weighted by Crippen LogP contribution is -2.15. The molecule has 0 aliphatic heterocycles. The van der Waals surface area contributed by atoms with Crippen LogP contribution in [-0.2, 0) is 9.53 Å². The number of benzene rings is 2. The van der Waals surface area contributed by atoms with Crippen LogP contribution in [0.4, 0.5) is 5.69 Å². The molecule has 0 aliphatic carbocycles. The van der Waals surface area contributed by atoms with Crippen molar-refractivity contribution in [1.82, 2.24) is 0 Å². The summed E-state index contributed by atoms with van der Waals surface area (Å²) in [6.45, 7) is 1.97. The second-order valence-electron chi connectivity index (χ2n) is 6.11. The molecule has 6 heteroatoms. The molecule has 0 fully saturated rings. The summed E-state index contributed by atoms with van der Waals surface area (Å²) >= 11 is 0. The Morgan fingerprint density at radius 1 is 1.07 bits per heavy atom. The summed E-state index contributed by atoms with van der Waals surface area (Å²) in [5, 5.41) is 9.24. The van der Waals surface area contributed by atoms with E-state index in [1.807, 2.05) is 44.1 Å². The average Bonchev–Trinajstić information content (AvgIpc) is 2.71. The van der Waals surface area contributed by atoms with E-state index in [9.17, 15) is 14.9 Å². The Kier molecular flexibility index (Phi) is 7.35. The SMILES string of the molecule is CCOc1ccc(C(=O)COC(=O)/C(C#N)=C/c2ccc(N(C)C)cc2)cc1. The summed E-state index contributed by atoms with van der Waals surface area (Å²) in [4.78, 5) is 26.2. The second-order valence-corrected chi connectivity index (χ2v) is 6.11. The van der Waals surface area contributed by atoms with Crippen molar-refractivity contribution in [3.8, 4) is 11.8 Å². The Morgan fingerprint density at radius 3 is 2.25 bits per heavy atom. The number of hydrogen-bond acceptors (Lipinski definition) is 6. The van der Waals surface area contributed by atoms with E-state index in [0.29, 0.717) is 23.5 Å². The van der Waals surface area contributed by atoms with Crippen LogP contribution in [0.5, 0.6) is 5.75 Å². The molecule has 0 N–H and O–H groups in total. The molecule has 0 spiro atoms. The van der Waals surface area contributed by atoms with Crippen molar-refractivity contribution in [2.24, 2.45) is 0 Å². The summed E-state index contributed by atoms with van der Waals surface area (Å²) in [7, 11) is 3.84. The van der Waals surface area contributed by atoms with Gasteiger partial charge in [0.2, 0.25) is 0 Å². The number of rotatable bonds is 8. The highest BCUT2D eigenvalue weighted by atomic mass is 16.5. The Morgan fingerprint density at radius 2 is 1.71 bits per heavy atom. The van der Waals surface area contributed by atoms with Crippen LogP contribution in [0.2, 0.25) is 0 Å². The molecule has 0 aromatic heterocycles. The summed E-state index contributed by atoms with van der Waals surface area (Å²) < 4.78 is 10.3. The summed E-state index contributed by atoms with van der Waals surface area (Å²) in [5.74, 6) is -0.534. The van der Waals surface area contributed by atoms with Gasteiger partial charge in [0.1, 0.15) is 17.4 Å². The lowest BCUT2D eigenvalue weighted by atomic mass is 10.1. The standard InChI is InChI=1S/C22H22N2O4/c1-4-27-20-11-7-17(8-12-20)21(25)15-28-22(26)18(14-23)13-16-5-9-19(10-6-16)24(2)3/h5-13H,4,15H2,1-3H3/b18-13+. The topological polar surface area (TPSA) is 79.6 Å². The highest BCUT2D eigenvalue weighted by molar-refractivity contribution is 6.01. The quantitative estimate of drug-likeness (QED) is 0.303. The number of Topliss-reactive ketones (excluding diaryl/α,β-unsaturated/α-hetero) is 1. The Balaban J connectivity index is 1.99. The highest BCUT2D eigenvalue weighted by Gasteiger charge is 2.14. The summed E-state index contributed by atoms with van der Waals surface area (Å²) in [6, 6.07) is 15.7. The third-order valence-corrected chi connectivity index (χ3v) is 3.88. The van der Waals surface area contributed by atoms with E-state index in [2.05, 4.69) is 0 Å². The molecule has 144 valence electrons. The summed E-state index contributed by atoms with van der Waals surface area (Å²) in [6.07, 6.45) is 1.43. The lowest BCUT2D eigenvalue weighted by molar-refractivity contribution is -0.137. The predicted molar refractivity (Wildman–Crippen MR) is 107 cm³/mol. The van der Waals surface area contributed by atoms with Gasteiger partial charge in [-0.25, -0.2) is 4.79 Å². The number of nitriles is 1. The molecule has 2 rings (SSSR count). The first-order valence-electron chi connectivity index (χ1n) is 8.77. The van der Waals surface area contributed by atoms with Gasteiger partial charge in [-0.2, -0.15) is 5.26 Å². The Hall–Kier alpha value is -3.59. The van der Waals surface area contributed by atoms with E-state index in [4.69, 9.17) is 9.47 Å². The molecule has 0 radical (unpaired) electrons. The minimum absolute atomic E-state index is 0.169. The second kappa shape index (κ2) is 9.93. The van der Waals surface area contributed by atoms with Gasteiger partial charge in [-0.15, -0.1) is 0 Å². The minimum atomic E-state index is -0.835. The normalized spacial score (nSPS) is 10.7. The van der Waals surface area contributed by atoms with Gasteiger partial charge in [-0.3, -0.25) is 4.79 Å². The van der Waals surface area contributed by atoms with Crippen LogP contribution in [0, 0.1) is 11.3 Å². The predicted octanol–water partition coefficient (Wildman–Crippen LogP) is 3.48. The molecule has 0 saturated carbocycles. The zero-order valence-electron chi connectivity index (χ0n) is 16.1. The molecule has 2 aromatic rings. The van der Waals surface area contributed by atoms with Crippen molar-refractivity contribution < 1.29 is 19.1 Å². The number of carbonyl (C=O) groups excluding carboxylic acids is 2. The van der Waals surface area contributed by atoms with E-state index in [1.165, 1.54) is 6.08 Å². The van der Waals surface area contributed by atoms with Crippen molar-refractivity contribution in [1.29, 1.82) is 5.26 Å². The van der Waals surface area contributed by atoms with Crippen LogP contribution in [-0.4, -0.2) is 39.1 Å². The summed E-state index contributed by atoms with van der Waals surface area (Å²) in [5.41, 5.74) is 1.92. The van der Waals surface area contributed by atoms with Gasteiger partial charge in [0.05, 0.1) is 6.61 Å². The molecule has 6 nitrogen and oxygen atoms in total. The van der Waals surface area contributed by atoms with E-state index < -0.39 is 12.6 Å². The lowest BCUT2D eigenvalue weighted by Gasteiger charge is -2.11. The van der Waals surface area contributed by atoms with Crippen LogP contribution in [0.3, 0.4) is 0 Å². The zero-order valence-corrected chi connectivity index (χ0v) is 16.1. The van der Waals surface area contributed by atoms with Gasteiger partial charge in [-0.05, 0) is 55.0 Å². The van der Waals surface area contributed by atoms with Crippen LogP contribution >= 0.6 is 0 Å². The molecule has 2 aromatic carbocycles. The molecule has 0 aliphatic rings. The molecular weight excluding hydrogens is 356 g/mol. The maximum Gasteiger partial charge on any atom is 0.349 e. The number of carbonyl (C=O) groups is 2. The smallest absolute Gasteiger partial charge is 0.349 e. The zero-order chi connectivity index (χ0) is 20.5. The fourth-order valence-electron chi connectivity index (χ4n) is 2.37. The van der Waals surface area contributed by atoms with Gasteiger partial charge in [-0.1, -0.05) is 12.1 Å². The van der Waals surface area contributed by atoms with Crippen molar-refractivity contribution in [2.45, 2.75) is 6.92 Å². The minimum Gasteiger partial charge on any atom is -0.494 e. The molecule has 0 amide bonds. The number of ketones is 1. The fourth-order valence-corrected chi connectivity index (χ4v) is 2.37. The van der Waals surface area contributed by atoms with Crippen molar-refractivity contribution >= 4 is 23.5 Å². The first kappa shape index (κ1) is 20.7. The van der Waals surface area contributed by atoms with E-state index in [1.54, 1.807) is 36.4 Å². The van der Waals surface area contributed by atoms with Crippen LogP contribution in [0.25, 0.3) is 6.08 Å². The molecule has 0 heterocycles. The number of esters is 1. The van der Waals surface area contributed by atoms with Crippen LogP contribution in [0.15, 0.2) is 54.1 Å².